The molecule has 4 heteroatoms. The molecule has 1 aliphatic rings. The van der Waals surface area contributed by atoms with Crippen molar-refractivity contribution in [1.29, 1.82) is 0 Å². The zero-order chi connectivity index (χ0) is 14.6. The van der Waals surface area contributed by atoms with Crippen LogP contribution in [0.25, 0.3) is 0 Å². The van der Waals surface area contributed by atoms with Crippen molar-refractivity contribution in [3.05, 3.63) is 35.6 Å². The molecule has 0 bridgehead atoms. The number of hydrazine groups is 1. The lowest BCUT2D eigenvalue weighted by Crippen LogP contribution is -2.56. The van der Waals surface area contributed by atoms with Gasteiger partial charge in [-0.25, -0.2) is 4.39 Å². The van der Waals surface area contributed by atoms with Gasteiger partial charge in [0.2, 0.25) is 0 Å². The summed E-state index contributed by atoms with van der Waals surface area (Å²) in [7, 11) is 0. The minimum atomic E-state index is -0.204. The van der Waals surface area contributed by atoms with Crippen molar-refractivity contribution in [3.63, 3.8) is 0 Å². The van der Waals surface area contributed by atoms with Crippen molar-refractivity contribution in [2.45, 2.75) is 51.1 Å². The number of rotatable bonds is 6. The van der Waals surface area contributed by atoms with Crippen LogP contribution in [0.5, 0.6) is 0 Å². The molecule has 2 rings (SSSR count). The number of likely N-dealkylation sites (tertiary alicyclic amines) is 1. The van der Waals surface area contributed by atoms with E-state index in [2.05, 4.69) is 24.2 Å². The number of hydrogen-bond acceptors (Lipinski definition) is 3. The van der Waals surface area contributed by atoms with Crippen molar-refractivity contribution in [2.75, 3.05) is 13.1 Å². The highest BCUT2D eigenvalue weighted by Crippen LogP contribution is 2.39. The predicted octanol–water partition coefficient (Wildman–Crippen LogP) is 2.98. The van der Waals surface area contributed by atoms with Crippen LogP contribution in [0.4, 0.5) is 4.39 Å². The monoisotopic (exact) mass is 279 g/mol. The van der Waals surface area contributed by atoms with Gasteiger partial charge in [0.25, 0.3) is 0 Å². The summed E-state index contributed by atoms with van der Waals surface area (Å²) in [4.78, 5) is 2.56. The van der Waals surface area contributed by atoms with Crippen LogP contribution in [-0.4, -0.2) is 23.5 Å². The Labute approximate surface area is 121 Å². The maximum absolute atomic E-state index is 13.2. The Balaban J connectivity index is 2.35. The number of nitrogens with two attached hydrogens (primary N) is 1. The van der Waals surface area contributed by atoms with E-state index in [0.717, 1.165) is 31.5 Å². The first-order chi connectivity index (χ1) is 9.67. The van der Waals surface area contributed by atoms with Gasteiger partial charge in [-0.3, -0.25) is 16.2 Å². The van der Waals surface area contributed by atoms with Crippen molar-refractivity contribution in [2.24, 2.45) is 5.84 Å². The third-order valence-electron chi connectivity index (χ3n) is 4.87. The number of halogens is 1. The van der Waals surface area contributed by atoms with E-state index in [4.69, 9.17) is 5.84 Å². The van der Waals surface area contributed by atoms with Gasteiger partial charge in [-0.15, -0.1) is 0 Å². The van der Waals surface area contributed by atoms with Gasteiger partial charge in [-0.1, -0.05) is 26.0 Å². The van der Waals surface area contributed by atoms with E-state index in [0.29, 0.717) is 0 Å². The average molecular weight is 279 g/mol. The number of benzene rings is 1. The molecule has 1 unspecified atom stereocenters. The highest BCUT2D eigenvalue weighted by atomic mass is 19.1. The Bertz CT molecular complexity index is 408. The van der Waals surface area contributed by atoms with Crippen molar-refractivity contribution < 1.29 is 4.39 Å². The summed E-state index contributed by atoms with van der Waals surface area (Å²) < 4.78 is 13.2. The Morgan fingerprint density at radius 2 is 1.75 bits per heavy atom. The van der Waals surface area contributed by atoms with Gasteiger partial charge >= 0.3 is 0 Å². The van der Waals surface area contributed by atoms with Crippen LogP contribution in [0.2, 0.25) is 0 Å². The largest absolute Gasteiger partial charge is 0.296 e. The molecule has 0 amide bonds. The standard InChI is InChI=1S/C16H26FN3/c1-3-16(4-2,20-11-5-6-12-20)15(19-18)13-7-9-14(17)10-8-13/h7-10,15,19H,3-6,11-12,18H2,1-2H3. The summed E-state index contributed by atoms with van der Waals surface area (Å²) >= 11 is 0. The van der Waals surface area contributed by atoms with E-state index in [9.17, 15) is 4.39 Å². The molecule has 0 radical (unpaired) electrons. The third-order valence-corrected chi connectivity index (χ3v) is 4.87. The summed E-state index contributed by atoms with van der Waals surface area (Å²) in [5.41, 5.74) is 4.06. The van der Waals surface area contributed by atoms with Gasteiger partial charge in [0.05, 0.1) is 6.04 Å². The van der Waals surface area contributed by atoms with Crippen LogP contribution in [0.3, 0.4) is 0 Å². The van der Waals surface area contributed by atoms with Crippen LogP contribution in [0.1, 0.15) is 51.1 Å². The highest BCUT2D eigenvalue weighted by molar-refractivity contribution is 5.24. The summed E-state index contributed by atoms with van der Waals surface area (Å²) in [6.07, 6.45) is 4.55. The molecule has 1 aromatic carbocycles. The SMILES string of the molecule is CCC(CC)(C(NN)c1ccc(F)cc1)N1CCCC1. The smallest absolute Gasteiger partial charge is 0.123 e. The lowest BCUT2D eigenvalue weighted by Gasteiger charge is -2.46. The molecule has 1 atom stereocenters. The number of hydrogen-bond donors (Lipinski definition) is 2. The van der Waals surface area contributed by atoms with Gasteiger partial charge in [-0.2, -0.15) is 0 Å². The van der Waals surface area contributed by atoms with E-state index >= 15 is 0 Å². The normalized spacial score (nSPS) is 18.4. The summed E-state index contributed by atoms with van der Waals surface area (Å²) in [6.45, 7) is 6.69. The van der Waals surface area contributed by atoms with Crippen LogP contribution >= 0.6 is 0 Å². The first kappa shape index (κ1) is 15.4. The van der Waals surface area contributed by atoms with Crippen molar-refractivity contribution in [3.8, 4) is 0 Å². The molecule has 0 spiro atoms. The average Bonchev–Trinajstić information content (AvgIpc) is 3.01. The zero-order valence-corrected chi connectivity index (χ0v) is 12.5. The van der Waals surface area contributed by atoms with E-state index in [1.807, 2.05) is 12.1 Å². The Hall–Kier alpha value is -0.970. The molecule has 112 valence electrons. The molecule has 3 N–H and O–H groups in total. The molecular weight excluding hydrogens is 253 g/mol. The maximum Gasteiger partial charge on any atom is 0.123 e. The van der Waals surface area contributed by atoms with E-state index in [1.54, 1.807) is 0 Å². The molecule has 1 fully saturated rings. The number of nitrogens with one attached hydrogen (secondary N) is 1. The van der Waals surface area contributed by atoms with Crippen LogP contribution in [-0.2, 0) is 0 Å². The fourth-order valence-electron chi connectivity index (χ4n) is 3.67. The number of nitrogens with zero attached hydrogens (tertiary/aromatic N) is 1. The van der Waals surface area contributed by atoms with Gasteiger partial charge in [0.15, 0.2) is 0 Å². The Kier molecular flexibility index (Phi) is 5.13. The van der Waals surface area contributed by atoms with Crippen LogP contribution in [0, 0.1) is 5.82 Å². The second kappa shape index (κ2) is 6.66. The molecule has 3 nitrogen and oxygen atoms in total. The molecule has 1 aromatic rings. The van der Waals surface area contributed by atoms with Crippen molar-refractivity contribution in [1.82, 2.24) is 10.3 Å². The van der Waals surface area contributed by atoms with E-state index in [-0.39, 0.29) is 17.4 Å². The van der Waals surface area contributed by atoms with E-state index < -0.39 is 0 Å². The Morgan fingerprint density at radius 1 is 1.20 bits per heavy atom. The van der Waals surface area contributed by atoms with Crippen molar-refractivity contribution >= 4 is 0 Å². The summed E-state index contributed by atoms with van der Waals surface area (Å²) in [6, 6.07) is 6.74. The fraction of sp³-hybridized carbons (Fsp3) is 0.625. The van der Waals surface area contributed by atoms with Gasteiger partial charge in [0.1, 0.15) is 5.82 Å². The van der Waals surface area contributed by atoms with Gasteiger partial charge in [0, 0.05) is 5.54 Å². The molecule has 0 aromatic heterocycles. The summed E-state index contributed by atoms with van der Waals surface area (Å²) in [5.74, 6) is 5.67. The minimum Gasteiger partial charge on any atom is -0.296 e. The highest BCUT2D eigenvalue weighted by Gasteiger charge is 2.42. The first-order valence-electron chi connectivity index (χ1n) is 7.64. The molecule has 0 saturated carbocycles. The molecule has 1 aliphatic heterocycles. The van der Waals surface area contributed by atoms with Gasteiger partial charge in [-0.05, 0) is 56.5 Å². The molecule has 20 heavy (non-hydrogen) atoms. The molecule has 0 aliphatic carbocycles. The quantitative estimate of drug-likeness (QED) is 0.621. The second-order valence-corrected chi connectivity index (χ2v) is 5.66. The summed E-state index contributed by atoms with van der Waals surface area (Å²) in [5, 5.41) is 0. The minimum absolute atomic E-state index is 0.00306. The van der Waals surface area contributed by atoms with Crippen LogP contribution in [0.15, 0.2) is 24.3 Å². The molecule has 1 heterocycles. The molecular formula is C16H26FN3. The van der Waals surface area contributed by atoms with Gasteiger partial charge < -0.3 is 0 Å². The second-order valence-electron chi connectivity index (χ2n) is 5.66. The third kappa shape index (κ3) is 2.73. The predicted molar refractivity (Wildman–Crippen MR) is 80.6 cm³/mol. The van der Waals surface area contributed by atoms with E-state index in [1.165, 1.54) is 25.0 Å². The Morgan fingerprint density at radius 3 is 2.20 bits per heavy atom. The van der Waals surface area contributed by atoms with Crippen LogP contribution < -0.4 is 11.3 Å². The maximum atomic E-state index is 13.2. The fourth-order valence-corrected chi connectivity index (χ4v) is 3.67. The molecule has 1 saturated heterocycles. The topological polar surface area (TPSA) is 41.3 Å². The first-order valence-corrected chi connectivity index (χ1v) is 7.64. The lowest BCUT2D eigenvalue weighted by molar-refractivity contribution is 0.0616. The zero-order valence-electron chi connectivity index (χ0n) is 12.5. The lowest BCUT2D eigenvalue weighted by atomic mass is 9.79.